The van der Waals surface area contributed by atoms with Crippen LogP contribution in [0.25, 0.3) is 0 Å². The number of hydrogen-bond acceptors (Lipinski definition) is 1. The van der Waals surface area contributed by atoms with E-state index in [1.165, 1.54) is 11.1 Å². The third-order valence-corrected chi connectivity index (χ3v) is 3.23. The lowest BCUT2D eigenvalue weighted by Crippen LogP contribution is -1.99. The SMILES string of the molecule is CCCc1ccc(C(O)c2ccc(C)cc2)cc1. The van der Waals surface area contributed by atoms with Crippen molar-refractivity contribution in [3.63, 3.8) is 0 Å². The average Bonchev–Trinajstić information content (AvgIpc) is 2.40. The molecule has 0 bridgehead atoms. The molecule has 2 aromatic rings. The molecule has 18 heavy (non-hydrogen) atoms. The van der Waals surface area contributed by atoms with Crippen molar-refractivity contribution in [1.29, 1.82) is 0 Å². The summed E-state index contributed by atoms with van der Waals surface area (Å²) >= 11 is 0. The highest BCUT2D eigenvalue weighted by Gasteiger charge is 2.09. The minimum Gasteiger partial charge on any atom is -0.384 e. The van der Waals surface area contributed by atoms with E-state index in [0.717, 1.165) is 24.0 Å². The van der Waals surface area contributed by atoms with Gasteiger partial charge >= 0.3 is 0 Å². The Morgan fingerprint density at radius 2 is 1.39 bits per heavy atom. The van der Waals surface area contributed by atoms with Gasteiger partial charge in [-0.15, -0.1) is 0 Å². The van der Waals surface area contributed by atoms with Crippen LogP contribution in [0.2, 0.25) is 0 Å². The Labute approximate surface area is 109 Å². The average molecular weight is 240 g/mol. The zero-order valence-corrected chi connectivity index (χ0v) is 11.1. The minimum absolute atomic E-state index is 0.527. The molecule has 0 saturated carbocycles. The van der Waals surface area contributed by atoms with Crippen LogP contribution in [0.5, 0.6) is 0 Å². The summed E-state index contributed by atoms with van der Waals surface area (Å²) in [6, 6.07) is 16.3. The standard InChI is InChI=1S/C17H20O/c1-3-4-14-7-11-16(12-8-14)17(18)15-9-5-13(2)6-10-15/h5-12,17-18H,3-4H2,1-2H3. The number of aryl methyl sites for hydroxylation is 2. The van der Waals surface area contributed by atoms with Gasteiger partial charge in [0.2, 0.25) is 0 Å². The van der Waals surface area contributed by atoms with Crippen molar-refractivity contribution in [3.05, 3.63) is 70.8 Å². The monoisotopic (exact) mass is 240 g/mol. The van der Waals surface area contributed by atoms with Crippen LogP contribution < -0.4 is 0 Å². The lowest BCUT2D eigenvalue weighted by Gasteiger charge is -2.12. The number of benzene rings is 2. The molecule has 0 aromatic heterocycles. The number of hydrogen-bond donors (Lipinski definition) is 1. The van der Waals surface area contributed by atoms with Crippen molar-refractivity contribution in [2.45, 2.75) is 32.8 Å². The van der Waals surface area contributed by atoms with Crippen LogP contribution in [0.15, 0.2) is 48.5 Å². The van der Waals surface area contributed by atoms with Crippen LogP contribution in [0.1, 0.15) is 41.7 Å². The predicted octanol–water partition coefficient (Wildman–Crippen LogP) is 4.03. The zero-order chi connectivity index (χ0) is 13.0. The summed E-state index contributed by atoms with van der Waals surface area (Å²) in [6.45, 7) is 4.23. The van der Waals surface area contributed by atoms with E-state index in [1.807, 2.05) is 36.4 Å². The van der Waals surface area contributed by atoms with Crippen molar-refractivity contribution in [2.24, 2.45) is 0 Å². The zero-order valence-electron chi connectivity index (χ0n) is 11.1. The van der Waals surface area contributed by atoms with Crippen molar-refractivity contribution in [1.82, 2.24) is 0 Å². The molecule has 0 aliphatic heterocycles. The normalized spacial score (nSPS) is 12.4. The Hall–Kier alpha value is -1.60. The first-order chi connectivity index (χ1) is 8.70. The minimum atomic E-state index is -0.527. The predicted molar refractivity (Wildman–Crippen MR) is 75.7 cm³/mol. The molecular formula is C17H20O. The van der Waals surface area contributed by atoms with Crippen LogP contribution in [0, 0.1) is 6.92 Å². The molecule has 1 unspecified atom stereocenters. The van der Waals surface area contributed by atoms with E-state index in [1.54, 1.807) is 0 Å². The highest BCUT2D eigenvalue weighted by atomic mass is 16.3. The van der Waals surface area contributed by atoms with E-state index in [4.69, 9.17) is 0 Å². The molecule has 0 aliphatic rings. The van der Waals surface area contributed by atoms with Gasteiger partial charge in [0, 0.05) is 0 Å². The highest BCUT2D eigenvalue weighted by molar-refractivity contribution is 5.33. The van der Waals surface area contributed by atoms with Gasteiger partial charge in [0.05, 0.1) is 0 Å². The smallest absolute Gasteiger partial charge is 0.104 e. The van der Waals surface area contributed by atoms with Crippen molar-refractivity contribution < 1.29 is 5.11 Å². The van der Waals surface area contributed by atoms with Gasteiger partial charge in [0.15, 0.2) is 0 Å². The summed E-state index contributed by atoms with van der Waals surface area (Å²) in [5, 5.41) is 10.3. The quantitative estimate of drug-likeness (QED) is 0.855. The maximum Gasteiger partial charge on any atom is 0.104 e. The Balaban J connectivity index is 2.17. The molecule has 94 valence electrons. The fourth-order valence-corrected chi connectivity index (χ4v) is 2.10. The van der Waals surface area contributed by atoms with E-state index in [9.17, 15) is 5.11 Å². The molecule has 1 heteroatoms. The number of aliphatic hydroxyl groups excluding tert-OH is 1. The van der Waals surface area contributed by atoms with Crippen molar-refractivity contribution in [3.8, 4) is 0 Å². The molecule has 2 rings (SSSR count). The fraction of sp³-hybridized carbons (Fsp3) is 0.294. The second kappa shape index (κ2) is 5.83. The number of aliphatic hydroxyl groups is 1. The molecule has 1 N–H and O–H groups in total. The van der Waals surface area contributed by atoms with E-state index >= 15 is 0 Å². The molecular weight excluding hydrogens is 220 g/mol. The molecule has 0 spiro atoms. The van der Waals surface area contributed by atoms with Gasteiger partial charge in [-0.05, 0) is 30.0 Å². The lowest BCUT2D eigenvalue weighted by atomic mass is 9.99. The Bertz CT molecular complexity index is 482. The largest absolute Gasteiger partial charge is 0.384 e. The molecule has 0 aliphatic carbocycles. The summed E-state index contributed by atoms with van der Waals surface area (Å²) in [6.07, 6.45) is 1.72. The van der Waals surface area contributed by atoms with E-state index < -0.39 is 6.10 Å². The third-order valence-electron chi connectivity index (χ3n) is 3.23. The van der Waals surface area contributed by atoms with E-state index in [2.05, 4.69) is 26.0 Å². The molecule has 2 aromatic carbocycles. The second-order valence-corrected chi connectivity index (χ2v) is 4.80. The maximum atomic E-state index is 10.3. The highest BCUT2D eigenvalue weighted by Crippen LogP contribution is 2.22. The molecule has 1 nitrogen and oxygen atoms in total. The Morgan fingerprint density at radius 3 is 1.89 bits per heavy atom. The Kier molecular flexibility index (Phi) is 4.16. The molecule has 0 amide bonds. The maximum absolute atomic E-state index is 10.3. The summed E-state index contributed by atoms with van der Waals surface area (Å²) < 4.78 is 0. The first kappa shape index (κ1) is 12.8. The van der Waals surface area contributed by atoms with Crippen LogP contribution in [0.3, 0.4) is 0 Å². The summed E-state index contributed by atoms with van der Waals surface area (Å²) in [5.41, 5.74) is 4.45. The van der Waals surface area contributed by atoms with Crippen LogP contribution in [0.4, 0.5) is 0 Å². The molecule has 0 fully saturated rings. The van der Waals surface area contributed by atoms with Crippen LogP contribution in [-0.2, 0) is 6.42 Å². The van der Waals surface area contributed by atoms with Gasteiger partial charge in [0.25, 0.3) is 0 Å². The topological polar surface area (TPSA) is 20.2 Å². The molecule has 0 saturated heterocycles. The second-order valence-electron chi connectivity index (χ2n) is 4.80. The van der Waals surface area contributed by atoms with Gasteiger partial charge in [-0.1, -0.05) is 67.4 Å². The first-order valence-electron chi connectivity index (χ1n) is 6.54. The summed E-state index contributed by atoms with van der Waals surface area (Å²) in [4.78, 5) is 0. The molecule has 0 heterocycles. The van der Waals surface area contributed by atoms with E-state index in [0.29, 0.717) is 0 Å². The first-order valence-corrected chi connectivity index (χ1v) is 6.54. The molecule has 0 radical (unpaired) electrons. The summed E-state index contributed by atoms with van der Waals surface area (Å²) in [7, 11) is 0. The van der Waals surface area contributed by atoms with Crippen LogP contribution >= 0.6 is 0 Å². The van der Waals surface area contributed by atoms with Gasteiger partial charge in [-0.3, -0.25) is 0 Å². The fourth-order valence-electron chi connectivity index (χ4n) is 2.10. The molecule has 1 atom stereocenters. The van der Waals surface area contributed by atoms with Crippen LogP contribution in [-0.4, -0.2) is 5.11 Å². The lowest BCUT2D eigenvalue weighted by molar-refractivity contribution is 0.220. The van der Waals surface area contributed by atoms with Gasteiger partial charge in [-0.2, -0.15) is 0 Å². The van der Waals surface area contributed by atoms with Gasteiger partial charge in [0.1, 0.15) is 6.10 Å². The van der Waals surface area contributed by atoms with Gasteiger partial charge in [-0.25, -0.2) is 0 Å². The van der Waals surface area contributed by atoms with Crippen molar-refractivity contribution in [2.75, 3.05) is 0 Å². The third kappa shape index (κ3) is 2.99. The van der Waals surface area contributed by atoms with Gasteiger partial charge < -0.3 is 5.11 Å². The Morgan fingerprint density at radius 1 is 0.889 bits per heavy atom. The number of rotatable bonds is 4. The van der Waals surface area contributed by atoms with E-state index in [-0.39, 0.29) is 0 Å². The summed E-state index contributed by atoms with van der Waals surface area (Å²) in [5.74, 6) is 0. The van der Waals surface area contributed by atoms with Crippen molar-refractivity contribution >= 4 is 0 Å².